The molecule has 126 valence electrons. The number of amides is 1. The third-order valence-electron chi connectivity index (χ3n) is 4.31. The Labute approximate surface area is 150 Å². The van der Waals surface area contributed by atoms with Crippen molar-refractivity contribution in [3.63, 3.8) is 0 Å². The molecule has 0 aliphatic carbocycles. The molecule has 1 unspecified atom stereocenters. The summed E-state index contributed by atoms with van der Waals surface area (Å²) in [5, 5.41) is 3.15. The minimum atomic E-state index is -0.354. The Bertz CT molecular complexity index is 802. The second-order valence-corrected chi connectivity index (χ2v) is 7.66. The highest BCUT2D eigenvalue weighted by atomic mass is 79.9. The number of nitrogen functional groups attached to an aromatic ring is 1. The number of hydrogen-bond acceptors (Lipinski definition) is 3. The van der Waals surface area contributed by atoms with Gasteiger partial charge in [0, 0.05) is 27.7 Å². The van der Waals surface area contributed by atoms with Gasteiger partial charge in [-0.15, -0.1) is 0 Å². The lowest BCUT2D eigenvalue weighted by Crippen LogP contribution is -2.41. The Morgan fingerprint density at radius 1 is 1.33 bits per heavy atom. The van der Waals surface area contributed by atoms with Crippen LogP contribution in [0.4, 0.5) is 5.69 Å². The molecule has 0 spiro atoms. The van der Waals surface area contributed by atoms with Gasteiger partial charge in [-0.1, -0.05) is 22.0 Å². The van der Waals surface area contributed by atoms with E-state index in [1.54, 1.807) is 0 Å². The molecule has 0 radical (unpaired) electrons. The van der Waals surface area contributed by atoms with Crippen molar-refractivity contribution in [2.75, 3.05) is 5.73 Å². The monoisotopic (exact) mass is 388 g/mol. The van der Waals surface area contributed by atoms with Crippen molar-refractivity contribution in [2.24, 2.45) is 0 Å². The van der Waals surface area contributed by atoms with Gasteiger partial charge in [0.05, 0.1) is 6.04 Å². The van der Waals surface area contributed by atoms with E-state index in [2.05, 4.69) is 21.2 Å². The number of anilines is 1. The fourth-order valence-electron chi connectivity index (χ4n) is 3.09. The smallest absolute Gasteiger partial charge is 0.252 e. The van der Waals surface area contributed by atoms with E-state index in [1.165, 1.54) is 0 Å². The largest absolute Gasteiger partial charge is 0.487 e. The fourth-order valence-corrected chi connectivity index (χ4v) is 3.46. The number of rotatable bonds is 2. The second kappa shape index (κ2) is 6.13. The van der Waals surface area contributed by atoms with E-state index in [0.717, 1.165) is 21.3 Å². The molecule has 0 fully saturated rings. The van der Waals surface area contributed by atoms with Crippen molar-refractivity contribution >= 4 is 27.5 Å². The van der Waals surface area contributed by atoms with Crippen LogP contribution in [0.2, 0.25) is 0 Å². The summed E-state index contributed by atoms with van der Waals surface area (Å²) in [5.74, 6) is 0.682. The molecule has 1 atom stereocenters. The topological polar surface area (TPSA) is 64.3 Å². The number of benzene rings is 2. The average molecular weight is 389 g/mol. The number of carbonyl (C=O) groups excluding carboxylic acids is 1. The highest BCUT2D eigenvalue weighted by molar-refractivity contribution is 9.10. The summed E-state index contributed by atoms with van der Waals surface area (Å²) in [6.07, 6.45) is 0.683. The SMILES string of the molecule is Cc1c(Br)cccc1C(=O)NC1CC(C)(C)Oc2ccc(N)cc21. The Kier molecular flexibility index (Phi) is 4.30. The highest BCUT2D eigenvalue weighted by Gasteiger charge is 2.35. The van der Waals surface area contributed by atoms with Gasteiger partial charge in [0.25, 0.3) is 5.91 Å². The minimum absolute atomic E-state index is 0.0927. The number of halogens is 1. The van der Waals surface area contributed by atoms with Gasteiger partial charge in [-0.05, 0) is 56.7 Å². The second-order valence-electron chi connectivity index (χ2n) is 6.80. The van der Waals surface area contributed by atoms with Crippen LogP contribution in [0.3, 0.4) is 0 Å². The number of fused-ring (bicyclic) bond motifs is 1. The maximum absolute atomic E-state index is 12.8. The zero-order valence-electron chi connectivity index (χ0n) is 14.0. The van der Waals surface area contributed by atoms with Crippen LogP contribution in [-0.2, 0) is 0 Å². The van der Waals surface area contributed by atoms with Crippen LogP contribution in [0.1, 0.15) is 47.8 Å². The number of hydrogen-bond donors (Lipinski definition) is 2. The van der Waals surface area contributed by atoms with Gasteiger partial charge >= 0.3 is 0 Å². The van der Waals surface area contributed by atoms with Gasteiger partial charge in [0.2, 0.25) is 0 Å². The zero-order chi connectivity index (χ0) is 17.5. The molecule has 1 aliphatic rings. The third-order valence-corrected chi connectivity index (χ3v) is 5.17. The van der Waals surface area contributed by atoms with E-state index in [0.29, 0.717) is 17.7 Å². The van der Waals surface area contributed by atoms with Crippen molar-refractivity contribution in [2.45, 2.75) is 38.8 Å². The van der Waals surface area contributed by atoms with Gasteiger partial charge in [-0.2, -0.15) is 0 Å². The molecule has 4 nitrogen and oxygen atoms in total. The average Bonchev–Trinajstić information content (AvgIpc) is 2.50. The van der Waals surface area contributed by atoms with Crippen molar-refractivity contribution < 1.29 is 9.53 Å². The molecule has 1 amide bonds. The molecule has 0 saturated carbocycles. The molecule has 0 aromatic heterocycles. The molecule has 2 aromatic rings. The summed E-state index contributed by atoms with van der Waals surface area (Å²) in [6.45, 7) is 5.98. The van der Waals surface area contributed by atoms with Crippen LogP contribution in [0.15, 0.2) is 40.9 Å². The van der Waals surface area contributed by atoms with Crippen LogP contribution in [0, 0.1) is 6.92 Å². The Morgan fingerprint density at radius 2 is 2.08 bits per heavy atom. The van der Waals surface area contributed by atoms with Crippen LogP contribution in [-0.4, -0.2) is 11.5 Å². The summed E-state index contributed by atoms with van der Waals surface area (Å²) < 4.78 is 6.94. The molecular formula is C19H21BrN2O2. The summed E-state index contributed by atoms with van der Waals surface area (Å²) in [6, 6.07) is 11.1. The van der Waals surface area contributed by atoms with Crippen LogP contribution >= 0.6 is 15.9 Å². The first-order valence-corrected chi connectivity index (χ1v) is 8.70. The normalized spacial score (nSPS) is 18.4. The third kappa shape index (κ3) is 3.26. The molecule has 2 aromatic carbocycles. The van der Waals surface area contributed by atoms with E-state index >= 15 is 0 Å². The van der Waals surface area contributed by atoms with Crippen molar-refractivity contribution in [3.8, 4) is 5.75 Å². The van der Waals surface area contributed by atoms with Gasteiger partial charge in [0.15, 0.2) is 0 Å². The number of nitrogens with one attached hydrogen (secondary N) is 1. The van der Waals surface area contributed by atoms with Gasteiger partial charge in [-0.3, -0.25) is 4.79 Å². The number of ether oxygens (including phenoxy) is 1. The maximum atomic E-state index is 12.8. The van der Waals surface area contributed by atoms with E-state index in [9.17, 15) is 4.79 Å². The van der Waals surface area contributed by atoms with Crippen molar-refractivity contribution in [1.29, 1.82) is 0 Å². The molecule has 5 heteroatoms. The van der Waals surface area contributed by atoms with E-state index in [1.807, 2.05) is 57.2 Å². The standard InChI is InChI=1S/C19H21BrN2O2/c1-11-13(5-4-6-15(11)20)18(23)22-16-10-19(2,3)24-17-8-7-12(21)9-14(16)17/h4-9,16H,10,21H2,1-3H3,(H,22,23). The Balaban J connectivity index is 1.93. The highest BCUT2D eigenvalue weighted by Crippen LogP contribution is 2.40. The van der Waals surface area contributed by atoms with Gasteiger partial charge < -0.3 is 15.8 Å². The Hall–Kier alpha value is -2.01. The summed E-state index contributed by atoms with van der Waals surface area (Å²) in [5.41, 5.74) is 8.75. The molecule has 3 rings (SSSR count). The van der Waals surface area contributed by atoms with Crippen molar-refractivity contribution in [1.82, 2.24) is 5.32 Å². The summed E-state index contributed by atoms with van der Waals surface area (Å²) in [4.78, 5) is 12.8. The predicted molar refractivity (Wildman–Crippen MR) is 99.3 cm³/mol. The minimum Gasteiger partial charge on any atom is -0.487 e. The maximum Gasteiger partial charge on any atom is 0.252 e. The lowest BCUT2D eigenvalue weighted by molar-refractivity contribution is 0.0620. The van der Waals surface area contributed by atoms with Crippen molar-refractivity contribution in [3.05, 3.63) is 57.6 Å². The first-order valence-electron chi connectivity index (χ1n) is 7.91. The molecular weight excluding hydrogens is 368 g/mol. The van der Waals surface area contributed by atoms with E-state index in [4.69, 9.17) is 10.5 Å². The van der Waals surface area contributed by atoms with Crippen LogP contribution < -0.4 is 15.8 Å². The lowest BCUT2D eigenvalue weighted by atomic mass is 9.89. The quantitative estimate of drug-likeness (QED) is 0.750. The molecule has 0 saturated heterocycles. The van der Waals surface area contributed by atoms with Gasteiger partial charge in [0.1, 0.15) is 11.4 Å². The van der Waals surface area contributed by atoms with Crippen LogP contribution in [0.25, 0.3) is 0 Å². The molecule has 3 N–H and O–H groups in total. The van der Waals surface area contributed by atoms with E-state index < -0.39 is 0 Å². The predicted octanol–water partition coefficient (Wildman–Crippen LogP) is 4.37. The first kappa shape index (κ1) is 16.8. The van der Waals surface area contributed by atoms with Crippen LogP contribution in [0.5, 0.6) is 5.75 Å². The number of carbonyl (C=O) groups is 1. The fraction of sp³-hybridized carbons (Fsp3) is 0.316. The summed E-state index contributed by atoms with van der Waals surface area (Å²) >= 11 is 3.48. The first-order chi connectivity index (χ1) is 11.3. The molecule has 0 bridgehead atoms. The Morgan fingerprint density at radius 3 is 2.83 bits per heavy atom. The van der Waals surface area contributed by atoms with Gasteiger partial charge in [-0.25, -0.2) is 0 Å². The van der Waals surface area contributed by atoms with E-state index in [-0.39, 0.29) is 17.6 Å². The molecule has 24 heavy (non-hydrogen) atoms. The summed E-state index contributed by atoms with van der Waals surface area (Å²) in [7, 11) is 0. The molecule has 1 aliphatic heterocycles. The number of nitrogens with two attached hydrogens (primary N) is 1. The lowest BCUT2D eigenvalue weighted by Gasteiger charge is -2.38. The zero-order valence-corrected chi connectivity index (χ0v) is 15.6. The molecule has 1 heterocycles.